The Morgan fingerprint density at radius 1 is 1.53 bits per heavy atom. The second kappa shape index (κ2) is 4.67. The number of nitrogens with two attached hydrogens (primary N) is 1. The van der Waals surface area contributed by atoms with Gasteiger partial charge >= 0.3 is 0 Å². The molecule has 2 rings (SSSR count). The summed E-state index contributed by atoms with van der Waals surface area (Å²) >= 11 is 0. The van der Waals surface area contributed by atoms with Crippen molar-refractivity contribution in [3.05, 3.63) is 5.82 Å². The molecule has 6 heteroatoms. The molecule has 0 amide bonds. The molecule has 0 aliphatic carbocycles. The predicted molar refractivity (Wildman–Crippen MR) is 55.9 cm³/mol. The second-order valence-electron chi connectivity index (χ2n) is 4.16. The number of hydrogen-bond donors (Lipinski definition) is 1. The van der Waals surface area contributed by atoms with Crippen molar-refractivity contribution in [2.75, 3.05) is 19.6 Å². The van der Waals surface area contributed by atoms with Crippen LogP contribution >= 0.6 is 0 Å². The van der Waals surface area contributed by atoms with Crippen molar-refractivity contribution in [1.82, 2.24) is 25.1 Å². The molecule has 0 saturated carbocycles. The molecule has 2 N–H and O–H groups in total. The minimum atomic E-state index is 0.756. The van der Waals surface area contributed by atoms with Crippen molar-refractivity contribution >= 4 is 0 Å². The number of rotatable bonds is 4. The fourth-order valence-electron chi connectivity index (χ4n) is 2.11. The zero-order valence-electron chi connectivity index (χ0n) is 9.13. The van der Waals surface area contributed by atoms with Crippen LogP contribution in [-0.4, -0.2) is 44.7 Å². The van der Waals surface area contributed by atoms with E-state index in [1.165, 1.54) is 11.2 Å². The third-order valence-electron chi connectivity index (χ3n) is 2.86. The lowest BCUT2D eigenvalue weighted by atomic mass is 10.1. The fraction of sp³-hybridized carbons (Fsp3) is 0.889. The van der Waals surface area contributed by atoms with E-state index in [9.17, 15) is 0 Å². The molecule has 15 heavy (non-hydrogen) atoms. The number of aromatic nitrogens is 4. The molecule has 2 heterocycles. The molecule has 1 aromatic rings. The summed E-state index contributed by atoms with van der Waals surface area (Å²) in [7, 11) is 1.79. The lowest BCUT2D eigenvalue weighted by molar-refractivity contribution is 0.306. The first kappa shape index (κ1) is 10.5. The molecule has 84 valence electrons. The van der Waals surface area contributed by atoms with Crippen molar-refractivity contribution in [3.8, 4) is 0 Å². The van der Waals surface area contributed by atoms with Crippen molar-refractivity contribution in [1.29, 1.82) is 0 Å². The van der Waals surface area contributed by atoms with E-state index in [1.807, 2.05) is 0 Å². The molecular weight excluding hydrogens is 192 g/mol. The standard InChI is InChI=1S/C9H18N6/c1-14-12-9(11-13-14)7-15-5-3-8(6-15)2-4-10/h8H,2-7,10H2,1H3. The highest BCUT2D eigenvalue weighted by Gasteiger charge is 2.22. The molecule has 1 aliphatic rings. The van der Waals surface area contributed by atoms with Gasteiger partial charge in [0.15, 0.2) is 5.82 Å². The average Bonchev–Trinajstić information content (AvgIpc) is 2.78. The maximum atomic E-state index is 5.55. The van der Waals surface area contributed by atoms with Gasteiger partial charge in [-0.25, -0.2) is 0 Å². The molecule has 1 unspecified atom stereocenters. The van der Waals surface area contributed by atoms with Crippen LogP contribution in [-0.2, 0) is 13.6 Å². The molecule has 6 nitrogen and oxygen atoms in total. The summed E-state index contributed by atoms with van der Waals surface area (Å²) in [6.07, 6.45) is 2.38. The fourth-order valence-corrected chi connectivity index (χ4v) is 2.11. The Morgan fingerprint density at radius 2 is 2.40 bits per heavy atom. The quantitative estimate of drug-likeness (QED) is 0.717. The zero-order chi connectivity index (χ0) is 10.7. The Morgan fingerprint density at radius 3 is 3.07 bits per heavy atom. The summed E-state index contributed by atoms with van der Waals surface area (Å²) in [4.78, 5) is 3.88. The first-order chi connectivity index (χ1) is 7.28. The molecule has 0 bridgehead atoms. The van der Waals surface area contributed by atoms with Crippen molar-refractivity contribution < 1.29 is 0 Å². The maximum absolute atomic E-state index is 5.55. The molecule has 1 fully saturated rings. The minimum Gasteiger partial charge on any atom is -0.330 e. The molecule has 0 spiro atoms. The smallest absolute Gasteiger partial charge is 0.188 e. The Hall–Kier alpha value is -1.01. The van der Waals surface area contributed by atoms with Crippen LogP contribution < -0.4 is 5.73 Å². The van der Waals surface area contributed by atoms with Gasteiger partial charge in [0, 0.05) is 6.54 Å². The highest BCUT2D eigenvalue weighted by Crippen LogP contribution is 2.19. The van der Waals surface area contributed by atoms with Gasteiger partial charge in [-0.2, -0.15) is 4.80 Å². The normalized spacial score (nSPS) is 22.4. The molecule has 0 aromatic carbocycles. The van der Waals surface area contributed by atoms with E-state index >= 15 is 0 Å². The van der Waals surface area contributed by atoms with Crippen LogP contribution in [0.4, 0.5) is 0 Å². The van der Waals surface area contributed by atoms with Crippen LogP contribution in [0.1, 0.15) is 18.7 Å². The second-order valence-corrected chi connectivity index (χ2v) is 4.16. The summed E-state index contributed by atoms with van der Waals surface area (Å²) in [6.45, 7) is 3.86. The van der Waals surface area contributed by atoms with Crippen molar-refractivity contribution in [3.63, 3.8) is 0 Å². The van der Waals surface area contributed by atoms with Crippen LogP contribution in [0.15, 0.2) is 0 Å². The lowest BCUT2D eigenvalue weighted by Crippen LogP contribution is -2.21. The molecule has 1 saturated heterocycles. The lowest BCUT2D eigenvalue weighted by Gasteiger charge is -2.12. The Bertz CT molecular complexity index is 309. The monoisotopic (exact) mass is 210 g/mol. The van der Waals surface area contributed by atoms with Gasteiger partial charge in [0.05, 0.1) is 13.6 Å². The molecule has 1 aromatic heterocycles. The number of nitrogens with zero attached hydrogens (tertiary/aromatic N) is 5. The highest BCUT2D eigenvalue weighted by molar-refractivity contribution is 4.82. The van der Waals surface area contributed by atoms with E-state index in [1.54, 1.807) is 7.05 Å². The van der Waals surface area contributed by atoms with E-state index < -0.39 is 0 Å². The predicted octanol–water partition coefficient (Wildman–Crippen LogP) is -0.619. The minimum absolute atomic E-state index is 0.756. The Labute approximate surface area is 89.4 Å². The average molecular weight is 210 g/mol. The van der Waals surface area contributed by atoms with Crippen LogP contribution in [0.25, 0.3) is 0 Å². The summed E-state index contributed by atoms with van der Waals surface area (Å²) < 4.78 is 0. The van der Waals surface area contributed by atoms with Crippen LogP contribution in [0, 0.1) is 5.92 Å². The number of hydrogen-bond acceptors (Lipinski definition) is 5. The van der Waals surface area contributed by atoms with Crippen molar-refractivity contribution in [2.45, 2.75) is 19.4 Å². The number of tetrazole rings is 1. The first-order valence-electron chi connectivity index (χ1n) is 5.43. The number of likely N-dealkylation sites (tertiary alicyclic amines) is 1. The van der Waals surface area contributed by atoms with Gasteiger partial charge in [-0.05, 0) is 37.1 Å². The summed E-state index contributed by atoms with van der Waals surface area (Å²) in [5.41, 5.74) is 5.55. The first-order valence-corrected chi connectivity index (χ1v) is 5.43. The van der Waals surface area contributed by atoms with E-state index in [-0.39, 0.29) is 0 Å². The maximum Gasteiger partial charge on any atom is 0.188 e. The van der Waals surface area contributed by atoms with Crippen LogP contribution in [0.3, 0.4) is 0 Å². The van der Waals surface area contributed by atoms with E-state index in [4.69, 9.17) is 5.73 Å². The van der Waals surface area contributed by atoms with Gasteiger partial charge in [0.1, 0.15) is 0 Å². The molecular formula is C9H18N6. The Balaban J connectivity index is 1.82. The highest BCUT2D eigenvalue weighted by atomic mass is 15.6. The van der Waals surface area contributed by atoms with Crippen LogP contribution in [0.2, 0.25) is 0 Å². The van der Waals surface area contributed by atoms with Gasteiger partial charge in [-0.1, -0.05) is 0 Å². The third kappa shape index (κ3) is 2.73. The molecule has 0 radical (unpaired) electrons. The van der Waals surface area contributed by atoms with Gasteiger partial charge in [-0.3, -0.25) is 4.90 Å². The van der Waals surface area contributed by atoms with Gasteiger partial charge in [-0.15, -0.1) is 10.2 Å². The topological polar surface area (TPSA) is 72.9 Å². The largest absolute Gasteiger partial charge is 0.330 e. The summed E-state index contributed by atoms with van der Waals surface area (Å²) in [6, 6.07) is 0. The van der Waals surface area contributed by atoms with Gasteiger partial charge in [0.2, 0.25) is 0 Å². The van der Waals surface area contributed by atoms with Crippen molar-refractivity contribution in [2.24, 2.45) is 18.7 Å². The SMILES string of the molecule is Cn1nnc(CN2CCC(CCN)C2)n1. The molecule has 1 atom stereocenters. The Kier molecular flexibility index (Phi) is 3.27. The van der Waals surface area contributed by atoms with Crippen LogP contribution in [0.5, 0.6) is 0 Å². The summed E-state index contributed by atoms with van der Waals surface area (Å²) in [5, 5.41) is 12.0. The van der Waals surface area contributed by atoms with Gasteiger partial charge < -0.3 is 5.73 Å². The zero-order valence-corrected chi connectivity index (χ0v) is 9.13. The molecule has 1 aliphatic heterocycles. The summed E-state index contributed by atoms with van der Waals surface area (Å²) in [5.74, 6) is 1.57. The van der Waals surface area contributed by atoms with E-state index in [0.717, 1.165) is 44.3 Å². The third-order valence-corrected chi connectivity index (χ3v) is 2.86. The number of aryl methyl sites for hydroxylation is 1. The van der Waals surface area contributed by atoms with Gasteiger partial charge in [0.25, 0.3) is 0 Å². The van der Waals surface area contributed by atoms with E-state index in [0.29, 0.717) is 0 Å². The van der Waals surface area contributed by atoms with E-state index in [2.05, 4.69) is 20.3 Å².